The van der Waals surface area contributed by atoms with Crippen LogP contribution in [0.15, 0.2) is 36.8 Å². The van der Waals surface area contributed by atoms with E-state index in [2.05, 4.69) is 45.4 Å². The average Bonchev–Trinajstić information content (AvgIpc) is 3.41. The minimum atomic E-state index is -0.336. The fourth-order valence-corrected chi connectivity index (χ4v) is 4.32. The molecule has 4 N–H and O–H groups in total. The average molecular weight is 435 g/mol. The van der Waals surface area contributed by atoms with Gasteiger partial charge in [0, 0.05) is 43.0 Å². The predicted molar refractivity (Wildman–Crippen MR) is 125 cm³/mol. The van der Waals surface area contributed by atoms with Crippen LogP contribution in [0.25, 0.3) is 11.3 Å². The Balaban J connectivity index is 1.39. The topological polar surface area (TPSA) is 104 Å². The van der Waals surface area contributed by atoms with Crippen LogP contribution in [0.3, 0.4) is 0 Å². The number of β-amino-alcohol motifs (C(OH)–C–C–N with tert-alkyl or cyclic N) is 1. The minimum absolute atomic E-state index is 0.211. The van der Waals surface area contributed by atoms with Gasteiger partial charge < -0.3 is 25.5 Å². The van der Waals surface area contributed by atoms with Gasteiger partial charge in [-0.1, -0.05) is 13.0 Å². The van der Waals surface area contributed by atoms with E-state index in [0.717, 1.165) is 59.1 Å². The van der Waals surface area contributed by atoms with Crippen molar-refractivity contribution in [2.75, 3.05) is 30.3 Å². The molecular formula is C23H30N8O. The fraction of sp³-hybridized carbons (Fsp3) is 0.435. The first-order chi connectivity index (χ1) is 15.6. The van der Waals surface area contributed by atoms with E-state index in [4.69, 9.17) is 9.97 Å². The summed E-state index contributed by atoms with van der Waals surface area (Å²) in [5, 5.41) is 25.0. The number of pyridine rings is 1. The van der Waals surface area contributed by atoms with Crippen molar-refractivity contribution >= 4 is 22.9 Å². The van der Waals surface area contributed by atoms with Gasteiger partial charge in [0.25, 0.3) is 0 Å². The summed E-state index contributed by atoms with van der Waals surface area (Å²) in [5.41, 5.74) is 5.02. The Bertz CT molecular complexity index is 1230. The number of imidazole rings is 1. The van der Waals surface area contributed by atoms with Crippen molar-refractivity contribution in [1.82, 2.24) is 29.3 Å². The van der Waals surface area contributed by atoms with Crippen LogP contribution >= 0.6 is 0 Å². The lowest BCUT2D eigenvalue weighted by atomic mass is 9.95. The van der Waals surface area contributed by atoms with Gasteiger partial charge in [0.2, 0.25) is 0 Å². The molecule has 5 heterocycles. The lowest BCUT2D eigenvalue weighted by Gasteiger charge is -2.28. The van der Waals surface area contributed by atoms with E-state index in [9.17, 15) is 5.11 Å². The largest absolute Gasteiger partial charge is 0.391 e. The number of fused-ring (bicyclic) bond motifs is 2. The first-order valence-electron chi connectivity index (χ1n) is 11.3. The quantitative estimate of drug-likeness (QED) is 0.354. The van der Waals surface area contributed by atoms with E-state index >= 15 is 0 Å². The van der Waals surface area contributed by atoms with Crippen LogP contribution in [-0.4, -0.2) is 54.8 Å². The smallest absolute Gasteiger partial charge is 0.162 e. The van der Waals surface area contributed by atoms with Crippen LogP contribution in [0, 0.1) is 12.8 Å². The van der Waals surface area contributed by atoms with Crippen molar-refractivity contribution in [1.29, 1.82) is 0 Å². The highest BCUT2D eigenvalue weighted by molar-refractivity contribution is 5.60. The molecule has 1 aliphatic rings. The lowest BCUT2D eigenvalue weighted by Crippen LogP contribution is -2.43. The summed E-state index contributed by atoms with van der Waals surface area (Å²) in [6.07, 6.45) is 7.41. The third-order valence-corrected chi connectivity index (χ3v) is 6.24. The molecule has 0 radical (unpaired) electrons. The number of piperidine rings is 1. The molecule has 0 bridgehead atoms. The number of aliphatic hydroxyl groups excluding tert-OH is 1. The number of aromatic nitrogens is 5. The zero-order chi connectivity index (χ0) is 22.1. The highest BCUT2D eigenvalue weighted by atomic mass is 16.3. The number of nitrogens with one attached hydrogen (secondary N) is 3. The van der Waals surface area contributed by atoms with Crippen molar-refractivity contribution in [2.45, 2.75) is 39.3 Å². The van der Waals surface area contributed by atoms with Crippen molar-refractivity contribution in [3.63, 3.8) is 0 Å². The van der Waals surface area contributed by atoms with Crippen LogP contribution in [0.4, 0.5) is 11.6 Å². The van der Waals surface area contributed by atoms with E-state index in [1.54, 1.807) is 0 Å². The summed E-state index contributed by atoms with van der Waals surface area (Å²) in [4.78, 5) is 9.57. The molecule has 0 spiro atoms. The minimum Gasteiger partial charge on any atom is -0.391 e. The summed E-state index contributed by atoms with van der Waals surface area (Å²) in [7, 11) is 0. The number of rotatable bonds is 7. The van der Waals surface area contributed by atoms with Gasteiger partial charge in [-0.3, -0.25) is 0 Å². The van der Waals surface area contributed by atoms with Gasteiger partial charge in [-0.05, 0) is 37.9 Å². The second-order valence-corrected chi connectivity index (χ2v) is 8.49. The predicted octanol–water partition coefficient (Wildman–Crippen LogP) is 2.24. The van der Waals surface area contributed by atoms with Crippen molar-refractivity contribution in [3.8, 4) is 0 Å². The number of aliphatic hydroxyl groups is 1. The Kier molecular flexibility index (Phi) is 5.67. The standard InChI is InChI=1S/C23H30N8O/c1-3-16-11-27-31-21(26-12-18-14-30-8-4-5-15(2)22(30)28-18)9-20(29-23(16)31)25-10-17-6-7-24-13-19(17)32/h4-5,8-9,11,14,17,19,24,26,32H,3,6-7,10,12-13H2,1-2H3,(H,25,29)/t17-,19+/m1/s1. The molecule has 0 saturated carbocycles. The highest BCUT2D eigenvalue weighted by Gasteiger charge is 2.22. The first kappa shape index (κ1) is 20.7. The SMILES string of the molecule is CCc1cnn2c(NCc3cn4cccc(C)c4n3)cc(NC[C@H]3CCNC[C@@H]3O)nc12. The second-order valence-electron chi connectivity index (χ2n) is 8.49. The Labute approximate surface area is 186 Å². The molecule has 1 aliphatic heterocycles. The van der Waals surface area contributed by atoms with Crippen molar-refractivity contribution in [3.05, 3.63) is 53.6 Å². The molecule has 4 aromatic rings. The van der Waals surface area contributed by atoms with Gasteiger partial charge >= 0.3 is 0 Å². The number of nitrogens with zero attached hydrogens (tertiary/aromatic N) is 5. The van der Waals surface area contributed by atoms with E-state index in [1.807, 2.05) is 35.2 Å². The van der Waals surface area contributed by atoms with E-state index in [-0.39, 0.29) is 12.0 Å². The molecule has 0 aromatic carbocycles. The van der Waals surface area contributed by atoms with E-state index in [1.165, 1.54) is 0 Å². The summed E-state index contributed by atoms with van der Waals surface area (Å²) >= 11 is 0. The Morgan fingerprint density at radius 2 is 2.16 bits per heavy atom. The summed E-state index contributed by atoms with van der Waals surface area (Å²) in [6, 6.07) is 6.08. The van der Waals surface area contributed by atoms with Crippen molar-refractivity contribution < 1.29 is 5.11 Å². The molecule has 1 saturated heterocycles. The zero-order valence-electron chi connectivity index (χ0n) is 18.5. The van der Waals surface area contributed by atoms with E-state index in [0.29, 0.717) is 19.6 Å². The highest BCUT2D eigenvalue weighted by Crippen LogP contribution is 2.22. The van der Waals surface area contributed by atoms with Gasteiger partial charge in [-0.15, -0.1) is 0 Å². The Hall–Kier alpha value is -3.17. The zero-order valence-corrected chi connectivity index (χ0v) is 18.5. The maximum Gasteiger partial charge on any atom is 0.162 e. The van der Waals surface area contributed by atoms with Crippen LogP contribution in [-0.2, 0) is 13.0 Å². The third kappa shape index (κ3) is 4.01. The third-order valence-electron chi connectivity index (χ3n) is 6.24. The molecule has 4 aromatic heterocycles. The molecule has 1 fully saturated rings. The van der Waals surface area contributed by atoms with Crippen LogP contribution in [0.1, 0.15) is 30.2 Å². The van der Waals surface area contributed by atoms with E-state index < -0.39 is 0 Å². The fourth-order valence-electron chi connectivity index (χ4n) is 4.32. The van der Waals surface area contributed by atoms with Crippen LogP contribution in [0.5, 0.6) is 0 Å². The normalized spacial score (nSPS) is 19.0. The molecule has 168 valence electrons. The molecule has 5 rings (SSSR count). The molecule has 32 heavy (non-hydrogen) atoms. The Morgan fingerprint density at radius 1 is 1.25 bits per heavy atom. The number of hydrogen-bond acceptors (Lipinski definition) is 7. The molecule has 2 atom stereocenters. The molecule has 9 heteroatoms. The Morgan fingerprint density at radius 3 is 2.97 bits per heavy atom. The molecule has 0 amide bonds. The first-order valence-corrected chi connectivity index (χ1v) is 11.3. The maximum absolute atomic E-state index is 10.3. The summed E-state index contributed by atoms with van der Waals surface area (Å²) in [5.74, 6) is 1.85. The monoisotopic (exact) mass is 434 g/mol. The number of anilines is 2. The molecule has 0 aliphatic carbocycles. The number of hydrogen-bond donors (Lipinski definition) is 4. The van der Waals surface area contributed by atoms with Gasteiger partial charge in [0.05, 0.1) is 24.5 Å². The second kappa shape index (κ2) is 8.76. The van der Waals surface area contributed by atoms with Crippen LogP contribution in [0.2, 0.25) is 0 Å². The maximum atomic E-state index is 10.3. The summed E-state index contributed by atoms with van der Waals surface area (Å²) in [6.45, 7) is 7.02. The summed E-state index contributed by atoms with van der Waals surface area (Å²) < 4.78 is 3.90. The van der Waals surface area contributed by atoms with Crippen molar-refractivity contribution in [2.24, 2.45) is 5.92 Å². The molecule has 0 unspecified atom stereocenters. The number of aryl methyl sites for hydroxylation is 2. The van der Waals surface area contributed by atoms with Crippen LogP contribution < -0.4 is 16.0 Å². The van der Waals surface area contributed by atoms with Gasteiger partial charge in [-0.25, -0.2) is 9.97 Å². The lowest BCUT2D eigenvalue weighted by molar-refractivity contribution is 0.0883. The van der Waals surface area contributed by atoms with Gasteiger partial charge in [0.15, 0.2) is 5.65 Å². The molecule has 9 nitrogen and oxygen atoms in total. The molecular weight excluding hydrogens is 404 g/mol. The van der Waals surface area contributed by atoms with Gasteiger partial charge in [-0.2, -0.15) is 9.61 Å². The van der Waals surface area contributed by atoms with Gasteiger partial charge in [0.1, 0.15) is 17.3 Å².